The zero-order chi connectivity index (χ0) is 12.2. The van der Waals surface area contributed by atoms with E-state index in [0.29, 0.717) is 6.42 Å². The second-order valence-electron chi connectivity index (χ2n) is 7.44. The van der Waals surface area contributed by atoms with Crippen LogP contribution in [0.5, 0.6) is 0 Å². The summed E-state index contributed by atoms with van der Waals surface area (Å²) < 4.78 is 5.15. The number of allylic oxidation sites excluding steroid dienone is 4. The Balaban J connectivity index is 4.44. The summed E-state index contributed by atoms with van der Waals surface area (Å²) in [5, 5.41) is 0. The Morgan fingerprint density at radius 1 is 1.07 bits per heavy atom. The van der Waals surface area contributed by atoms with E-state index >= 15 is 0 Å². The molecule has 0 saturated carbocycles. The average Bonchev–Trinajstić information content (AvgIpc) is 2.58. The Hall–Kier alpha value is -0.737. The van der Waals surface area contributed by atoms with Crippen LogP contribution in [-0.2, 0) is 18.8 Å². The van der Waals surface area contributed by atoms with Gasteiger partial charge in [-0.15, -0.1) is 0 Å². The van der Waals surface area contributed by atoms with Gasteiger partial charge in [0.15, 0.2) is 0 Å². The van der Waals surface area contributed by atoms with Crippen molar-refractivity contribution in [3.63, 3.8) is 0 Å². The molecule has 0 aromatic rings. The summed E-state index contributed by atoms with van der Waals surface area (Å²) in [6, 6.07) is 0. The first-order valence-corrected chi connectivity index (χ1v) is 14.9. The van der Waals surface area contributed by atoms with Gasteiger partial charge in [-0.3, -0.25) is 0 Å². The van der Waals surface area contributed by atoms with Gasteiger partial charge in [-0.05, 0) is 0 Å². The van der Waals surface area contributed by atoms with Crippen molar-refractivity contribution in [1.29, 1.82) is 0 Å². The molecule has 0 N–H and O–H groups in total. The van der Waals surface area contributed by atoms with Crippen molar-refractivity contribution >= 4 is 8.95 Å². The summed E-state index contributed by atoms with van der Waals surface area (Å²) >= 11 is 0. The van der Waals surface area contributed by atoms with E-state index in [1.807, 2.05) is 18.2 Å². The molecule has 0 radical (unpaired) electrons. The van der Waals surface area contributed by atoms with E-state index < -0.39 is 9.17 Å². The van der Waals surface area contributed by atoms with Gasteiger partial charge in [0.25, 0.3) is 0 Å². The summed E-state index contributed by atoms with van der Waals surface area (Å²) in [5.41, 5.74) is 8.78. The SMILES string of the molecule is [CH3][Rh]([CH3])([CH3])([CH3])([CH3])(=[C]=O)(=[C]=O)[C]1=CC=CC1. The zero-order valence-corrected chi connectivity index (χ0v) is 11.7. The third-order valence-corrected chi connectivity index (χ3v) is 13.7. The fourth-order valence-corrected chi connectivity index (χ4v) is 5.75. The maximum absolute atomic E-state index is 11.7. The molecule has 0 atom stereocenters. The van der Waals surface area contributed by atoms with Crippen LogP contribution in [0, 0.1) is 0 Å². The van der Waals surface area contributed by atoms with Gasteiger partial charge < -0.3 is 0 Å². The molecule has 0 spiro atoms. The molecule has 0 heterocycles. The Labute approximate surface area is 84.2 Å². The quantitative estimate of drug-likeness (QED) is 0.694. The van der Waals surface area contributed by atoms with E-state index in [-0.39, 0.29) is 0 Å². The third-order valence-electron chi connectivity index (χ3n) is 2.81. The van der Waals surface area contributed by atoms with Crippen molar-refractivity contribution in [3.05, 3.63) is 22.4 Å². The zero-order valence-electron chi connectivity index (χ0n) is 10.1. The molecule has 1 aliphatic rings. The van der Waals surface area contributed by atoms with E-state index in [1.54, 1.807) is 27.6 Å². The number of carbonyl (C=O) groups excluding carboxylic acids is 2. The van der Waals surface area contributed by atoms with E-state index in [4.69, 9.17) is 0 Å². The first-order valence-electron chi connectivity index (χ1n) is 4.29. The average molecular weight is 299 g/mol. The number of hydrogen-bond acceptors (Lipinski definition) is 2. The van der Waals surface area contributed by atoms with Crippen LogP contribution in [-0.4, -0.2) is 8.95 Å². The first-order chi connectivity index (χ1) is 6.20. The molecule has 0 bridgehead atoms. The van der Waals surface area contributed by atoms with Gasteiger partial charge >= 0.3 is 84.1 Å². The summed E-state index contributed by atoms with van der Waals surface area (Å²) in [6.45, 7) is 0. The standard InChI is InChI=1S/C5H5.2CO.5CH3.Rh/c1-2-4-5-3-1;2*1-2;;;;;;/h1-3H,4H2;;;5*1H3;. The summed E-state index contributed by atoms with van der Waals surface area (Å²) in [4.78, 5) is 23.5. The number of hydrogen-bond donors (Lipinski definition) is 0. The van der Waals surface area contributed by atoms with Gasteiger partial charge in [0, 0.05) is 0 Å². The molecular weight excluding hydrogens is 279 g/mol. The maximum atomic E-state index is 11.7. The fourth-order valence-electron chi connectivity index (χ4n) is 1.25. The van der Waals surface area contributed by atoms with E-state index in [0.717, 1.165) is 4.17 Å². The molecule has 0 aromatic heterocycles. The van der Waals surface area contributed by atoms with E-state index in [9.17, 15) is 9.59 Å². The summed E-state index contributed by atoms with van der Waals surface area (Å²) in [6.07, 6.45) is 6.33. The van der Waals surface area contributed by atoms with Crippen LogP contribution >= 0.6 is 0 Å². The second kappa shape index (κ2) is 1.52. The van der Waals surface area contributed by atoms with Crippen LogP contribution in [0.1, 0.15) is 6.42 Å². The summed E-state index contributed by atoms with van der Waals surface area (Å²) in [7, 11) is -5.27. The van der Waals surface area contributed by atoms with Gasteiger partial charge in [0.05, 0.1) is 0 Å². The van der Waals surface area contributed by atoms with Crippen LogP contribution in [0.3, 0.4) is 0 Å². The fraction of sp³-hybridized carbons (Fsp3) is 0.500. The van der Waals surface area contributed by atoms with Crippen LogP contribution in [0.15, 0.2) is 22.4 Å². The number of rotatable bonds is 1. The van der Waals surface area contributed by atoms with Gasteiger partial charge in [0.2, 0.25) is 0 Å². The second-order valence-corrected chi connectivity index (χ2v) is 39.1. The minimum absolute atomic E-state index is 0.634. The van der Waals surface area contributed by atoms with E-state index in [1.165, 1.54) is 0 Å². The molecular formula is C12H20O2Rh. The van der Waals surface area contributed by atoms with Crippen LogP contribution < -0.4 is 0 Å². The Bertz CT molecular complexity index is 671. The van der Waals surface area contributed by atoms with Crippen molar-refractivity contribution in [3.8, 4) is 0 Å². The molecule has 0 saturated heterocycles. The third kappa shape index (κ3) is 1.43. The topological polar surface area (TPSA) is 34.1 Å². The molecule has 1 rings (SSSR count). The Morgan fingerprint density at radius 3 is 1.80 bits per heavy atom. The van der Waals surface area contributed by atoms with Gasteiger partial charge in [-0.25, -0.2) is 0 Å². The first kappa shape index (κ1) is 12.3. The molecule has 0 aromatic carbocycles. The predicted molar refractivity (Wildman–Crippen MR) is 62.5 cm³/mol. The van der Waals surface area contributed by atoms with Crippen molar-refractivity contribution in [2.75, 3.05) is 0 Å². The van der Waals surface area contributed by atoms with Crippen molar-refractivity contribution < 1.29 is 18.8 Å². The van der Waals surface area contributed by atoms with Gasteiger partial charge in [-0.1, -0.05) is 0 Å². The van der Waals surface area contributed by atoms with Crippen LogP contribution in [0.25, 0.3) is 0 Å². The van der Waals surface area contributed by atoms with Gasteiger partial charge in [0.1, 0.15) is 0 Å². The Morgan fingerprint density at radius 2 is 1.53 bits per heavy atom. The Kier molecular flexibility index (Phi) is 1.25. The molecule has 15 heavy (non-hydrogen) atoms. The molecule has 1 aliphatic carbocycles. The molecule has 2 nitrogen and oxygen atoms in total. The predicted octanol–water partition coefficient (Wildman–Crippen LogP) is 3.50. The molecule has 3 heteroatoms. The van der Waals surface area contributed by atoms with E-state index in [2.05, 4.69) is 8.95 Å². The summed E-state index contributed by atoms with van der Waals surface area (Å²) in [5.74, 6) is 0. The molecule has 0 unspecified atom stereocenters. The van der Waals surface area contributed by atoms with Crippen LogP contribution in [0.2, 0.25) is 27.6 Å². The molecule has 89 valence electrons. The van der Waals surface area contributed by atoms with Crippen molar-refractivity contribution in [1.82, 2.24) is 0 Å². The molecule has 0 amide bonds. The normalized spacial score (nSPS) is 26.1. The van der Waals surface area contributed by atoms with Gasteiger partial charge in [-0.2, -0.15) is 0 Å². The van der Waals surface area contributed by atoms with Crippen molar-refractivity contribution in [2.24, 2.45) is 0 Å². The monoisotopic (exact) mass is 299 g/mol. The minimum atomic E-state index is -5.27. The van der Waals surface area contributed by atoms with Crippen LogP contribution in [0.4, 0.5) is 0 Å². The molecule has 0 aliphatic heterocycles. The molecule has 0 fully saturated rings. The van der Waals surface area contributed by atoms with Crippen molar-refractivity contribution in [2.45, 2.75) is 34.0 Å².